The van der Waals surface area contributed by atoms with Gasteiger partial charge in [0.1, 0.15) is 5.15 Å². The van der Waals surface area contributed by atoms with Crippen molar-refractivity contribution in [1.82, 2.24) is 9.97 Å². The van der Waals surface area contributed by atoms with Crippen LogP contribution in [-0.4, -0.2) is 9.97 Å². The number of pyridine rings is 2. The van der Waals surface area contributed by atoms with Gasteiger partial charge in [0.15, 0.2) is 0 Å². The lowest BCUT2D eigenvalue weighted by Gasteiger charge is -2.06. The number of hydrogen-bond donors (Lipinski definition) is 0. The molecule has 3 rings (SSSR count). The van der Waals surface area contributed by atoms with E-state index in [-0.39, 0.29) is 0 Å². The molecule has 0 bridgehead atoms. The standard InChI is InChI=1S/C15H13ClN2/c1-3-10-8-12-7-6-11-5-4-9(2)17-13(11)14(12)18-15(10)16/h4-8H,3H2,1-2H3. The minimum absolute atomic E-state index is 0.584. The molecule has 0 saturated carbocycles. The van der Waals surface area contributed by atoms with Gasteiger partial charge in [0, 0.05) is 16.5 Å². The number of rotatable bonds is 1. The number of aryl methyl sites for hydroxylation is 2. The van der Waals surface area contributed by atoms with Gasteiger partial charge >= 0.3 is 0 Å². The molecule has 0 aliphatic rings. The molecule has 0 aliphatic carbocycles. The molecule has 3 heteroatoms. The van der Waals surface area contributed by atoms with Crippen molar-refractivity contribution in [2.45, 2.75) is 20.3 Å². The number of halogens is 1. The van der Waals surface area contributed by atoms with Crippen molar-refractivity contribution in [2.75, 3.05) is 0 Å². The fraction of sp³-hybridized carbons (Fsp3) is 0.200. The Morgan fingerprint density at radius 3 is 2.44 bits per heavy atom. The van der Waals surface area contributed by atoms with Gasteiger partial charge in [0.2, 0.25) is 0 Å². The van der Waals surface area contributed by atoms with Gasteiger partial charge in [0.25, 0.3) is 0 Å². The molecule has 0 saturated heterocycles. The minimum Gasteiger partial charge on any atom is -0.251 e. The highest BCUT2D eigenvalue weighted by molar-refractivity contribution is 6.30. The van der Waals surface area contributed by atoms with E-state index >= 15 is 0 Å². The highest BCUT2D eigenvalue weighted by atomic mass is 35.5. The lowest BCUT2D eigenvalue weighted by Crippen LogP contribution is -1.91. The number of hydrogen-bond acceptors (Lipinski definition) is 2. The van der Waals surface area contributed by atoms with Crippen molar-refractivity contribution < 1.29 is 0 Å². The van der Waals surface area contributed by atoms with Crippen LogP contribution in [0.25, 0.3) is 21.8 Å². The summed E-state index contributed by atoms with van der Waals surface area (Å²) < 4.78 is 0. The van der Waals surface area contributed by atoms with Crippen LogP contribution in [0.5, 0.6) is 0 Å². The third-order valence-electron chi connectivity index (χ3n) is 3.19. The maximum absolute atomic E-state index is 6.20. The van der Waals surface area contributed by atoms with Crippen molar-refractivity contribution in [3.05, 3.63) is 46.7 Å². The van der Waals surface area contributed by atoms with Gasteiger partial charge < -0.3 is 0 Å². The predicted octanol–water partition coefficient (Wildman–Crippen LogP) is 4.31. The molecule has 2 aromatic heterocycles. The first-order valence-electron chi connectivity index (χ1n) is 6.04. The monoisotopic (exact) mass is 256 g/mol. The number of benzene rings is 1. The normalized spacial score (nSPS) is 11.3. The first-order chi connectivity index (χ1) is 8.69. The van der Waals surface area contributed by atoms with Crippen molar-refractivity contribution in [3.8, 4) is 0 Å². The zero-order valence-corrected chi connectivity index (χ0v) is 11.1. The van der Waals surface area contributed by atoms with Crippen LogP contribution in [0.4, 0.5) is 0 Å². The summed E-state index contributed by atoms with van der Waals surface area (Å²) in [5.41, 5.74) is 3.89. The highest BCUT2D eigenvalue weighted by Gasteiger charge is 2.07. The average molecular weight is 257 g/mol. The van der Waals surface area contributed by atoms with E-state index in [1.54, 1.807) is 0 Å². The lowest BCUT2D eigenvalue weighted by atomic mass is 10.1. The third-order valence-corrected chi connectivity index (χ3v) is 3.52. The van der Waals surface area contributed by atoms with Crippen LogP contribution < -0.4 is 0 Å². The SMILES string of the molecule is CCc1cc2ccc3ccc(C)nc3c2nc1Cl. The Kier molecular flexibility index (Phi) is 2.67. The van der Waals surface area contributed by atoms with E-state index in [0.717, 1.165) is 39.5 Å². The molecule has 0 aliphatic heterocycles. The molecular formula is C15H13ClN2. The van der Waals surface area contributed by atoms with Crippen molar-refractivity contribution in [2.24, 2.45) is 0 Å². The summed E-state index contributed by atoms with van der Waals surface area (Å²) in [7, 11) is 0. The maximum Gasteiger partial charge on any atom is 0.133 e. The quantitative estimate of drug-likeness (QED) is 0.479. The van der Waals surface area contributed by atoms with Crippen LogP contribution in [0.15, 0.2) is 30.3 Å². The summed E-state index contributed by atoms with van der Waals surface area (Å²) in [6.45, 7) is 4.07. The van der Waals surface area contributed by atoms with Crippen LogP contribution in [0.2, 0.25) is 5.15 Å². The van der Waals surface area contributed by atoms with E-state index in [1.165, 1.54) is 0 Å². The number of aromatic nitrogens is 2. The smallest absolute Gasteiger partial charge is 0.133 e. The summed E-state index contributed by atoms with van der Waals surface area (Å²) in [6.07, 6.45) is 0.890. The molecule has 0 N–H and O–H groups in total. The molecule has 2 nitrogen and oxygen atoms in total. The summed E-state index contributed by atoms with van der Waals surface area (Å²) in [4.78, 5) is 9.10. The number of fused-ring (bicyclic) bond motifs is 3. The average Bonchev–Trinajstić information content (AvgIpc) is 2.38. The van der Waals surface area contributed by atoms with E-state index in [0.29, 0.717) is 5.15 Å². The molecule has 0 radical (unpaired) electrons. The first-order valence-corrected chi connectivity index (χ1v) is 6.42. The molecule has 0 spiro atoms. The zero-order chi connectivity index (χ0) is 12.7. The second kappa shape index (κ2) is 4.21. The summed E-state index contributed by atoms with van der Waals surface area (Å²) >= 11 is 6.20. The molecule has 0 unspecified atom stereocenters. The second-order valence-electron chi connectivity index (χ2n) is 4.45. The van der Waals surface area contributed by atoms with E-state index in [4.69, 9.17) is 11.6 Å². The Bertz CT molecular complexity index is 750. The van der Waals surface area contributed by atoms with Crippen LogP contribution in [-0.2, 0) is 6.42 Å². The van der Waals surface area contributed by atoms with E-state index in [2.05, 4.69) is 41.2 Å². The molecule has 1 aromatic carbocycles. The Balaban J connectivity index is 2.46. The Morgan fingerprint density at radius 1 is 1.00 bits per heavy atom. The molecule has 3 aromatic rings. The fourth-order valence-electron chi connectivity index (χ4n) is 2.19. The third kappa shape index (κ3) is 1.73. The highest BCUT2D eigenvalue weighted by Crippen LogP contribution is 2.26. The van der Waals surface area contributed by atoms with E-state index in [1.807, 2.05) is 13.0 Å². The summed E-state index contributed by atoms with van der Waals surface area (Å²) in [5, 5.41) is 2.78. The van der Waals surface area contributed by atoms with Gasteiger partial charge in [-0.3, -0.25) is 4.98 Å². The first kappa shape index (κ1) is 11.4. The molecule has 0 atom stereocenters. The van der Waals surface area contributed by atoms with Crippen LogP contribution in [0.3, 0.4) is 0 Å². The fourth-order valence-corrected chi connectivity index (χ4v) is 2.46. The van der Waals surface area contributed by atoms with Crippen LogP contribution in [0, 0.1) is 6.92 Å². The topological polar surface area (TPSA) is 25.8 Å². The van der Waals surface area contributed by atoms with Crippen molar-refractivity contribution in [3.63, 3.8) is 0 Å². The number of nitrogens with zero attached hydrogens (tertiary/aromatic N) is 2. The van der Waals surface area contributed by atoms with E-state index < -0.39 is 0 Å². The maximum atomic E-state index is 6.20. The summed E-state index contributed by atoms with van der Waals surface area (Å²) in [5.74, 6) is 0. The van der Waals surface area contributed by atoms with Gasteiger partial charge in [-0.15, -0.1) is 0 Å². The van der Waals surface area contributed by atoms with Gasteiger partial charge in [-0.25, -0.2) is 4.98 Å². The predicted molar refractivity (Wildman–Crippen MR) is 76.2 cm³/mol. The lowest BCUT2D eigenvalue weighted by molar-refractivity contribution is 1.12. The summed E-state index contributed by atoms with van der Waals surface area (Å²) in [6, 6.07) is 10.3. The van der Waals surface area contributed by atoms with Gasteiger partial charge in [-0.1, -0.05) is 36.7 Å². The van der Waals surface area contributed by atoms with E-state index in [9.17, 15) is 0 Å². The van der Waals surface area contributed by atoms with Crippen molar-refractivity contribution in [1.29, 1.82) is 0 Å². The zero-order valence-electron chi connectivity index (χ0n) is 10.4. The molecule has 0 amide bonds. The van der Waals surface area contributed by atoms with Gasteiger partial charge in [-0.2, -0.15) is 0 Å². The Hall–Kier alpha value is -1.67. The van der Waals surface area contributed by atoms with Crippen LogP contribution in [0.1, 0.15) is 18.2 Å². The molecule has 2 heterocycles. The molecule has 0 fully saturated rings. The Labute approximate surface area is 111 Å². The largest absolute Gasteiger partial charge is 0.251 e. The minimum atomic E-state index is 0.584. The molecule has 18 heavy (non-hydrogen) atoms. The van der Waals surface area contributed by atoms with Gasteiger partial charge in [-0.05, 0) is 31.0 Å². The molecular weight excluding hydrogens is 244 g/mol. The van der Waals surface area contributed by atoms with Gasteiger partial charge in [0.05, 0.1) is 11.0 Å². The van der Waals surface area contributed by atoms with Crippen LogP contribution >= 0.6 is 11.6 Å². The molecule has 90 valence electrons. The van der Waals surface area contributed by atoms with Crippen molar-refractivity contribution >= 4 is 33.4 Å². The second-order valence-corrected chi connectivity index (χ2v) is 4.81. The Morgan fingerprint density at radius 2 is 1.67 bits per heavy atom.